The number of hydrogen-bond donors (Lipinski definition) is 1. The van der Waals surface area contributed by atoms with Gasteiger partial charge in [0.15, 0.2) is 5.82 Å². The topological polar surface area (TPSA) is 42.7 Å². The van der Waals surface area contributed by atoms with Crippen LogP contribution in [0.5, 0.6) is 0 Å². The van der Waals surface area contributed by atoms with E-state index in [-0.39, 0.29) is 0 Å². The molecule has 0 unspecified atom stereocenters. The first-order valence-electron chi connectivity index (χ1n) is 4.71. The third-order valence-corrected chi connectivity index (χ3v) is 2.68. The number of hydrogen-bond acceptors (Lipinski definition) is 3. The van der Waals surface area contributed by atoms with E-state index in [9.17, 15) is 0 Å². The van der Waals surface area contributed by atoms with Crippen molar-refractivity contribution >= 4 is 23.2 Å². The molecule has 0 spiro atoms. The molecule has 0 radical (unpaired) electrons. The smallest absolute Gasteiger partial charge is 0.151 e. The Morgan fingerprint density at radius 1 is 1.38 bits per heavy atom. The summed E-state index contributed by atoms with van der Waals surface area (Å²) in [5, 5.41) is 12.1. The van der Waals surface area contributed by atoms with Gasteiger partial charge in [0.1, 0.15) is 6.33 Å². The molecule has 1 N–H and O–H groups in total. The van der Waals surface area contributed by atoms with Gasteiger partial charge in [-0.2, -0.15) is 0 Å². The van der Waals surface area contributed by atoms with Crippen molar-refractivity contribution in [3.63, 3.8) is 0 Å². The van der Waals surface area contributed by atoms with Crippen molar-refractivity contribution in [3.8, 4) is 5.69 Å². The second-order valence-electron chi connectivity index (χ2n) is 3.24. The molecular weight excluding hydrogens is 247 g/mol. The number of halogens is 2. The van der Waals surface area contributed by atoms with E-state index in [1.165, 1.54) is 0 Å². The minimum absolute atomic E-state index is 0.613. The van der Waals surface area contributed by atoms with E-state index in [2.05, 4.69) is 15.5 Å². The zero-order valence-electron chi connectivity index (χ0n) is 8.61. The monoisotopic (exact) mass is 256 g/mol. The Morgan fingerprint density at radius 2 is 2.19 bits per heavy atom. The fourth-order valence-electron chi connectivity index (χ4n) is 1.41. The summed E-state index contributed by atoms with van der Waals surface area (Å²) in [4.78, 5) is 0. The normalized spacial score (nSPS) is 10.7. The van der Waals surface area contributed by atoms with Gasteiger partial charge in [-0.1, -0.05) is 23.2 Å². The predicted octanol–water partition coefficient (Wildman–Crippen LogP) is 2.29. The van der Waals surface area contributed by atoms with Gasteiger partial charge < -0.3 is 5.32 Å². The lowest BCUT2D eigenvalue weighted by Crippen LogP contribution is -2.11. The van der Waals surface area contributed by atoms with Crippen LogP contribution in [0, 0.1) is 0 Å². The molecule has 2 rings (SSSR count). The highest BCUT2D eigenvalue weighted by atomic mass is 35.5. The van der Waals surface area contributed by atoms with E-state index in [1.807, 2.05) is 11.6 Å². The van der Waals surface area contributed by atoms with Gasteiger partial charge >= 0.3 is 0 Å². The second kappa shape index (κ2) is 4.82. The zero-order valence-corrected chi connectivity index (χ0v) is 10.1. The van der Waals surface area contributed by atoms with E-state index in [1.54, 1.807) is 24.5 Å². The molecule has 1 aromatic heterocycles. The molecule has 16 heavy (non-hydrogen) atoms. The van der Waals surface area contributed by atoms with Crippen molar-refractivity contribution in [1.29, 1.82) is 0 Å². The van der Waals surface area contributed by atoms with Crippen LogP contribution in [0.15, 0.2) is 24.5 Å². The number of nitrogens with zero attached hydrogens (tertiary/aromatic N) is 3. The Balaban J connectivity index is 2.49. The minimum Gasteiger partial charge on any atom is -0.313 e. The van der Waals surface area contributed by atoms with E-state index in [0.717, 1.165) is 11.5 Å². The molecule has 0 amide bonds. The molecule has 0 saturated carbocycles. The highest BCUT2D eigenvalue weighted by Crippen LogP contribution is 2.24. The van der Waals surface area contributed by atoms with Crippen LogP contribution in [0.25, 0.3) is 5.69 Å². The van der Waals surface area contributed by atoms with Crippen LogP contribution >= 0.6 is 23.2 Å². The molecule has 0 aliphatic heterocycles. The lowest BCUT2D eigenvalue weighted by molar-refractivity contribution is 0.737. The molecule has 0 fully saturated rings. The first-order chi connectivity index (χ1) is 7.72. The SMILES string of the molecule is CNCc1nncn1-c1cc(Cl)ccc1Cl. The average molecular weight is 257 g/mol. The van der Waals surface area contributed by atoms with Gasteiger partial charge in [0.2, 0.25) is 0 Å². The van der Waals surface area contributed by atoms with Gasteiger partial charge in [-0.25, -0.2) is 0 Å². The van der Waals surface area contributed by atoms with Crippen molar-refractivity contribution < 1.29 is 0 Å². The summed E-state index contributed by atoms with van der Waals surface area (Å²) in [5.74, 6) is 0.784. The highest BCUT2D eigenvalue weighted by Gasteiger charge is 2.09. The van der Waals surface area contributed by atoms with Gasteiger partial charge in [-0.3, -0.25) is 4.57 Å². The first-order valence-corrected chi connectivity index (χ1v) is 5.47. The van der Waals surface area contributed by atoms with Crippen LogP contribution in [-0.4, -0.2) is 21.8 Å². The molecule has 0 atom stereocenters. The van der Waals surface area contributed by atoms with Crippen LogP contribution in [0.4, 0.5) is 0 Å². The van der Waals surface area contributed by atoms with Crippen molar-refractivity contribution in [2.75, 3.05) is 7.05 Å². The van der Waals surface area contributed by atoms with E-state index < -0.39 is 0 Å². The van der Waals surface area contributed by atoms with Gasteiger partial charge in [0.05, 0.1) is 17.3 Å². The maximum atomic E-state index is 6.10. The molecule has 0 aliphatic rings. The molecule has 1 heterocycles. The fourth-order valence-corrected chi connectivity index (χ4v) is 1.78. The summed E-state index contributed by atoms with van der Waals surface area (Å²) in [5.41, 5.74) is 0.782. The number of aromatic nitrogens is 3. The summed E-state index contributed by atoms with van der Waals surface area (Å²) in [7, 11) is 1.85. The third-order valence-electron chi connectivity index (χ3n) is 2.12. The van der Waals surface area contributed by atoms with E-state index in [4.69, 9.17) is 23.2 Å². The van der Waals surface area contributed by atoms with Crippen LogP contribution in [0.3, 0.4) is 0 Å². The lowest BCUT2D eigenvalue weighted by Gasteiger charge is -2.08. The molecular formula is C10H10Cl2N4. The number of rotatable bonds is 3. The molecule has 84 valence electrons. The van der Waals surface area contributed by atoms with Gasteiger partial charge in [-0.05, 0) is 25.2 Å². The van der Waals surface area contributed by atoms with Gasteiger partial charge in [0.25, 0.3) is 0 Å². The van der Waals surface area contributed by atoms with Crippen molar-refractivity contribution in [2.24, 2.45) is 0 Å². The van der Waals surface area contributed by atoms with Crippen LogP contribution in [0.1, 0.15) is 5.82 Å². The summed E-state index contributed by atoms with van der Waals surface area (Å²) < 4.78 is 1.81. The second-order valence-corrected chi connectivity index (χ2v) is 4.09. The lowest BCUT2D eigenvalue weighted by atomic mass is 10.3. The maximum absolute atomic E-state index is 6.10. The Morgan fingerprint density at radius 3 is 2.94 bits per heavy atom. The summed E-state index contributed by atoms with van der Waals surface area (Å²) >= 11 is 12.0. The van der Waals surface area contributed by atoms with Gasteiger partial charge in [-0.15, -0.1) is 10.2 Å². The Labute approximate surface area is 103 Å². The quantitative estimate of drug-likeness (QED) is 0.917. The Hall–Kier alpha value is -1.10. The predicted molar refractivity (Wildman–Crippen MR) is 64.1 cm³/mol. The van der Waals surface area contributed by atoms with E-state index >= 15 is 0 Å². The highest BCUT2D eigenvalue weighted by molar-refractivity contribution is 6.34. The molecule has 0 aliphatic carbocycles. The molecule has 1 aromatic carbocycles. The maximum Gasteiger partial charge on any atom is 0.151 e. The molecule has 0 saturated heterocycles. The number of nitrogens with one attached hydrogen (secondary N) is 1. The van der Waals surface area contributed by atoms with Crippen molar-refractivity contribution in [3.05, 3.63) is 40.4 Å². The summed E-state index contributed by atoms with van der Waals surface area (Å²) in [6, 6.07) is 5.28. The van der Waals surface area contributed by atoms with Crippen molar-refractivity contribution in [2.45, 2.75) is 6.54 Å². The Bertz CT molecular complexity index is 495. The average Bonchev–Trinajstić information content (AvgIpc) is 2.70. The Kier molecular flexibility index (Phi) is 3.43. The van der Waals surface area contributed by atoms with Crippen LogP contribution < -0.4 is 5.32 Å². The minimum atomic E-state index is 0.613. The molecule has 4 nitrogen and oxygen atoms in total. The third kappa shape index (κ3) is 2.19. The fraction of sp³-hybridized carbons (Fsp3) is 0.200. The summed E-state index contributed by atoms with van der Waals surface area (Å²) in [6.45, 7) is 0.614. The van der Waals surface area contributed by atoms with Crippen LogP contribution in [-0.2, 0) is 6.54 Å². The van der Waals surface area contributed by atoms with Crippen molar-refractivity contribution in [1.82, 2.24) is 20.1 Å². The van der Waals surface area contributed by atoms with Gasteiger partial charge in [0, 0.05) is 5.02 Å². The molecule has 0 bridgehead atoms. The molecule has 2 aromatic rings. The largest absolute Gasteiger partial charge is 0.313 e. The summed E-state index contributed by atoms with van der Waals surface area (Å²) in [6.07, 6.45) is 1.62. The standard InChI is InChI=1S/C10H10Cl2N4/c1-13-5-10-15-14-6-16(10)9-4-7(11)2-3-8(9)12/h2-4,6,13H,5H2,1H3. The zero-order chi connectivity index (χ0) is 11.5. The molecule has 6 heteroatoms. The van der Waals surface area contributed by atoms with E-state index in [0.29, 0.717) is 16.6 Å². The number of benzene rings is 1. The van der Waals surface area contributed by atoms with Crippen LogP contribution in [0.2, 0.25) is 10.0 Å². The first kappa shape index (κ1) is 11.4.